The van der Waals surface area contributed by atoms with E-state index < -0.39 is 11.9 Å². The summed E-state index contributed by atoms with van der Waals surface area (Å²) in [6.07, 6.45) is 1.75. The van der Waals surface area contributed by atoms with E-state index in [9.17, 15) is 4.79 Å². The Hall–Kier alpha value is -3.30. The lowest BCUT2D eigenvalue weighted by molar-refractivity contribution is -0.159. The van der Waals surface area contributed by atoms with Crippen molar-refractivity contribution >= 4 is 29.4 Å². The number of hydrogen-bond acceptors (Lipinski definition) is 6. The molecular formula is C23H25ClN2O7. The summed E-state index contributed by atoms with van der Waals surface area (Å²) in [5, 5.41) is 18.5. The molecule has 0 bridgehead atoms. The Balaban J connectivity index is 0.000000454. The molecule has 1 saturated heterocycles. The van der Waals surface area contributed by atoms with Crippen LogP contribution in [0.2, 0.25) is 5.02 Å². The van der Waals surface area contributed by atoms with Crippen LogP contribution in [0.5, 0.6) is 11.5 Å². The van der Waals surface area contributed by atoms with Gasteiger partial charge in [-0.3, -0.25) is 9.69 Å². The van der Waals surface area contributed by atoms with Gasteiger partial charge in [0.2, 0.25) is 12.7 Å². The van der Waals surface area contributed by atoms with Crippen molar-refractivity contribution in [1.29, 1.82) is 0 Å². The summed E-state index contributed by atoms with van der Waals surface area (Å²) in [6, 6.07) is 13.7. The van der Waals surface area contributed by atoms with Crippen molar-refractivity contribution in [2.75, 3.05) is 19.9 Å². The number of ether oxygens (including phenoxy) is 2. The Morgan fingerprint density at radius 1 is 1.00 bits per heavy atom. The number of fused-ring (bicyclic) bond motifs is 1. The highest BCUT2D eigenvalue weighted by Crippen LogP contribution is 2.33. The molecule has 4 rings (SSSR count). The molecule has 2 aliphatic rings. The molecule has 2 aliphatic heterocycles. The first kappa shape index (κ1) is 24.3. The van der Waals surface area contributed by atoms with E-state index in [1.807, 2.05) is 36.4 Å². The zero-order chi connectivity index (χ0) is 23.8. The van der Waals surface area contributed by atoms with E-state index in [0.29, 0.717) is 18.4 Å². The van der Waals surface area contributed by atoms with Crippen molar-refractivity contribution in [3.63, 3.8) is 0 Å². The minimum Gasteiger partial charge on any atom is -0.473 e. The molecule has 1 amide bonds. The molecule has 9 nitrogen and oxygen atoms in total. The number of amides is 1. The Kier molecular flexibility index (Phi) is 8.51. The van der Waals surface area contributed by atoms with E-state index in [1.54, 1.807) is 0 Å². The number of likely N-dealkylation sites (tertiary alicyclic amines) is 1. The van der Waals surface area contributed by atoms with Crippen LogP contribution in [0.25, 0.3) is 0 Å². The van der Waals surface area contributed by atoms with Gasteiger partial charge in [-0.15, -0.1) is 0 Å². The van der Waals surface area contributed by atoms with Gasteiger partial charge in [0.25, 0.3) is 0 Å². The second-order valence-corrected chi connectivity index (χ2v) is 8.06. The van der Waals surface area contributed by atoms with Crippen LogP contribution in [0, 0.1) is 5.92 Å². The summed E-state index contributed by atoms with van der Waals surface area (Å²) in [5.74, 6) is -1.82. The third-order valence-corrected chi connectivity index (χ3v) is 5.76. The number of carboxylic acids is 2. The van der Waals surface area contributed by atoms with Gasteiger partial charge in [0.15, 0.2) is 11.5 Å². The summed E-state index contributed by atoms with van der Waals surface area (Å²) in [5.41, 5.74) is 2.16. The predicted octanol–water partition coefficient (Wildman–Crippen LogP) is 2.75. The summed E-state index contributed by atoms with van der Waals surface area (Å²) in [7, 11) is 0. The maximum Gasteiger partial charge on any atom is 0.414 e. The quantitative estimate of drug-likeness (QED) is 0.562. The predicted molar refractivity (Wildman–Crippen MR) is 119 cm³/mol. The number of carbonyl (C=O) groups is 3. The van der Waals surface area contributed by atoms with Crippen molar-refractivity contribution in [3.05, 3.63) is 58.6 Å². The van der Waals surface area contributed by atoms with E-state index in [4.69, 9.17) is 40.9 Å². The van der Waals surface area contributed by atoms with Crippen LogP contribution in [-0.4, -0.2) is 52.8 Å². The number of halogens is 1. The first-order valence-corrected chi connectivity index (χ1v) is 10.8. The first-order valence-electron chi connectivity index (χ1n) is 10.4. The molecule has 0 radical (unpaired) electrons. The van der Waals surface area contributed by atoms with Crippen molar-refractivity contribution < 1.29 is 34.1 Å². The Bertz CT molecular complexity index is 994. The molecule has 0 aliphatic carbocycles. The van der Waals surface area contributed by atoms with Crippen LogP contribution in [-0.2, 0) is 27.5 Å². The smallest absolute Gasteiger partial charge is 0.414 e. The fourth-order valence-corrected chi connectivity index (χ4v) is 3.82. The van der Waals surface area contributed by atoms with Gasteiger partial charge in [-0.25, -0.2) is 9.59 Å². The fourth-order valence-electron chi connectivity index (χ4n) is 3.62. The summed E-state index contributed by atoms with van der Waals surface area (Å²) < 4.78 is 10.8. The van der Waals surface area contributed by atoms with E-state index in [1.165, 1.54) is 5.56 Å². The normalized spacial score (nSPS) is 15.3. The van der Waals surface area contributed by atoms with E-state index >= 15 is 0 Å². The lowest BCUT2D eigenvalue weighted by Crippen LogP contribution is -2.40. The number of carbonyl (C=O) groups excluding carboxylic acids is 1. The zero-order valence-electron chi connectivity index (χ0n) is 17.8. The topological polar surface area (TPSA) is 125 Å². The number of benzene rings is 2. The van der Waals surface area contributed by atoms with Crippen LogP contribution in [0.3, 0.4) is 0 Å². The highest BCUT2D eigenvalue weighted by Gasteiger charge is 2.25. The molecule has 10 heteroatoms. The molecule has 0 saturated carbocycles. The van der Waals surface area contributed by atoms with Gasteiger partial charge in [0, 0.05) is 24.0 Å². The molecule has 2 heterocycles. The number of aliphatic carboxylic acids is 2. The average Bonchev–Trinajstić information content (AvgIpc) is 3.27. The molecule has 0 spiro atoms. The molecule has 0 aromatic heterocycles. The van der Waals surface area contributed by atoms with Crippen molar-refractivity contribution in [3.8, 4) is 11.5 Å². The largest absolute Gasteiger partial charge is 0.473 e. The van der Waals surface area contributed by atoms with Gasteiger partial charge in [0.05, 0.1) is 0 Å². The molecule has 0 unspecified atom stereocenters. The van der Waals surface area contributed by atoms with E-state index in [0.717, 1.165) is 49.5 Å². The van der Waals surface area contributed by atoms with Crippen LogP contribution in [0.1, 0.15) is 24.0 Å². The van der Waals surface area contributed by atoms with Gasteiger partial charge >= 0.3 is 11.9 Å². The molecule has 2 aromatic carbocycles. The Morgan fingerprint density at radius 2 is 1.67 bits per heavy atom. The monoisotopic (exact) mass is 476 g/mol. The number of nitrogens with zero attached hydrogens (tertiary/aromatic N) is 1. The molecule has 33 heavy (non-hydrogen) atoms. The number of nitrogens with one attached hydrogen (secondary N) is 1. The Labute approximate surface area is 195 Å². The second-order valence-electron chi connectivity index (χ2n) is 7.66. The van der Waals surface area contributed by atoms with Gasteiger partial charge in [0.1, 0.15) is 0 Å². The van der Waals surface area contributed by atoms with Crippen LogP contribution in [0.15, 0.2) is 42.5 Å². The van der Waals surface area contributed by atoms with Crippen molar-refractivity contribution in [2.24, 2.45) is 5.92 Å². The van der Waals surface area contributed by atoms with Gasteiger partial charge in [-0.2, -0.15) is 0 Å². The zero-order valence-corrected chi connectivity index (χ0v) is 18.6. The van der Waals surface area contributed by atoms with Crippen LogP contribution in [0.4, 0.5) is 0 Å². The molecule has 176 valence electrons. The van der Waals surface area contributed by atoms with E-state index in [-0.39, 0.29) is 11.8 Å². The average molecular weight is 477 g/mol. The third kappa shape index (κ3) is 7.10. The van der Waals surface area contributed by atoms with Crippen molar-refractivity contribution in [2.45, 2.75) is 25.9 Å². The minimum atomic E-state index is -1.82. The molecule has 1 fully saturated rings. The van der Waals surface area contributed by atoms with E-state index in [2.05, 4.69) is 16.3 Å². The van der Waals surface area contributed by atoms with Crippen LogP contribution < -0.4 is 14.8 Å². The van der Waals surface area contributed by atoms with Gasteiger partial charge in [-0.1, -0.05) is 35.9 Å². The second kappa shape index (κ2) is 11.5. The summed E-state index contributed by atoms with van der Waals surface area (Å²) >= 11 is 6.15. The van der Waals surface area contributed by atoms with Gasteiger partial charge < -0.3 is 25.0 Å². The minimum absolute atomic E-state index is 0.0699. The molecule has 3 N–H and O–H groups in total. The maximum absolute atomic E-state index is 12.5. The molecule has 2 aromatic rings. The Morgan fingerprint density at radius 3 is 2.33 bits per heavy atom. The molecule has 0 atom stereocenters. The standard InChI is InChI=1S/C21H23ClN2O3.C2H2O4/c22-18-4-2-1-3-17(18)12-23-21(25)16-7-9-24(10-8-16)13-15-5-6-19-20(11-15)27-14-26-19;3-1(4)2(5)6/h1-6,11,16H,7-10,12-14H2,(H,23,25);(H,3,4)(H,5,6). The van der Waals surface area contributed by atoms with Gasteiger partial charge in [-0.05, 0) is 55.3 Å². The summed E-state index contributed by atoms with van der Waals surface area (Å²) in [4.78, 5) is 33.1. The maximum atomic E-state index is 12.5. The number of carboxylic acid groups (broad SMARTS) is 2. The van der Waals surface area contributed by atoms with Crippen LogP contribution >= 0.6 is 11.6 Å². The van der Waals surface area contributed by atoms with Crippen molar-refractivity contribution in [1.82, 2.24) is 10.2 Å². The highest BCUT2D eigenvalue weighted by molar-refractivity contribution is 6.31. The first-order chi connectivity index (χ1) is 15.8. The highest BCUT2D eigenvalue weighted by atomic mass is 35.5. The third-order valence-electron chi connectivity index (χ3n) is 5.40. The number of hydrogen-bond donors (Lipinski definition) is 3. The number of piperidine rings is 1. The SMILES string of the molecule is O=C(NCc1ccccc1Cl)C1CCN(Cc2ccc3c(c2)OCO3)CC1.O=C(O)C(=O)O. The fraction of sp³-hybridized carbons (Fsp3) is 0.348. The summed E-state index contributed by atoms with van der Waals surface area (Å²) in [6.45, 7) is 3.48. The lowest BCUT2D eigenvalue weighted by atomic mass is 9.95. The number of rotatable bonds is 5. The lowest BCUT2D eigenvalue weighted by Gasteiger charge is -2.31. The molecular weight excluding hydrogens is 452 g/mol.